The Morgan fingerprint density at radius 2 is 2.15 bits per heavy atom. The highest BCUT2D eigenvalue weighted by Gasteiger charge is 2.41. The van der Waals surface area contributed by atoms with Crippen LogP contribution in [0.1, 0.15) is 19.8 Å². The molecule has 3 rings (SSSR count). The minimum absolute atomic E-state index is 0.0548. The van der Waals surface area contributed by atoms with E-state index in [2.05, 4.69) is 5.32 Å². The minimum atomic E-state index is -4.02. The first-order valence-corrected chi connectivity index (χ1v) is 9.59. The van der Waals surface area contributed by atoms with Crippen molar-refractivity contribution in [3.8, 4) is 11.5 Å². The van der Waals surface area contributed by atoms with Crippen molar-refractivity contribution in [3.63, 3.8) is 0 Å². The molecule has 2 atom stereocenters. The number of aliphatic carboxylic acids is 1. The fourth-order valence-corrected chi connectivity index (χ4v) is 5.22. The zero-order chi connectivity index (χ0) is 19.1. The van der Waals surface area contributed by atoms with Gasteiger partial charge in [0.2, 0.25) is 10.0 Å². The van der Waals surface area contributed by atoms with Gasteiger partial charge in [-0.15, -0.1) is 0 Å². The molecule has 1 aromatic carbocycles. The number of carbonyl (C=O) groups excluding carboxylic acids is 1. The summed E-state index contributed by atoms with van der Waals surface area (Å²) in [4.78, 5) is 22.7. The number of anilines is 1. The van der Waals surface area contributed by atoms with E-state index in [9.17, 15) is 23.1 Å². The number of ether oxygens (including phenoxy) is 2. The maximum absolute atomic E-state index is 13.2. The second kappa shape index (κ2) is 6.76. The third kappa shape index (κ3) is 3.10. The van der Waals surface area contributed by atoms with Gasteiger partial charge < -0.3 is 19.9 Å². The van der Waals surface area contributed by atoms with Crippen LogP contribution in [-0.2, 0) is 19.6 Å². The molecule has 2 heterocycles. The number of benzene rings is 1. The molecule has 1 saturated heterocycles. The van der Waals surface area contributed by atoms with Gasteiger partial charge in [-0.05, 0) is 19.8 Å². The lowest BCUT2D eigenvalue weighted by atomic mass is 9.92. The molecule has 1 aromatic rings. The van der Waals surface area contributed by atoms with E-state index in [1.807, 2.05) is 0 Å². The van der Waals surface area contributed by atoms with Crippen LogP contribution >= 0.6 is 0 Å². The van der Waals surface area contributed by atoms with Crippen molar-refractivity contribution in [2.24, 2.45) is 5.92 Å². The Morgan fingerprint density at radius 3 is 2.81 bits per heavy atom. The number of hydrogen-bond donors (Lipinski definition) is 2. The van der Waals surface area contributed by atoms with Gasteiger partial charge in [0.15, 0.2) is 6.61 Å². The number of fused-ring (bicyclic) bond motifs is 1. The Kier molecular flexibility index (Phi) is 4.80. The molecule has 0 spiro atoms. The molecule has 0 aliphatic carbocycles. The standard InChI is InChI=1S/C16H20N2O7S/c1-9-10(16(20)21)4-3-5-18(9)26(22,23)14-7-12-11(6-13(14)24-2)17-15(19)8-25-12/h6-7,9-10H,3-5,8H2,1-2H3,(H,17,19)(H,20,21)/t9-,10-/m0/s1. The number of carboxylic acid groups (broad SMARTS) is 1. The van der Waals surface area contributed by atoms with E-state index in [4.69, 9.17) is 9.47 Å². The van der Waals surface area contributed by atoms with Gasteiger partial charge in [-0.2, -0.15) is 4.31 Å². The molecule has 9 nitrogen and oxygen atoms in total. The molecule has 0 radical (unpaired) electrons. The Hall–Kier alpha value is -2.33. The summed E-state index contributed by atoms with van der Waals surface area (Å²) in [5.41, 5.74) is 0.326. The first-order chi connectivity index (χ1) is 12.3. The summed E-state index contributed by atoms with van der Waals surface area (Å²) in [5, 5.41) is 11.9. The van der Waals surface area contributed by atoms with Gasteiger partial charge in [0.1, 0.15) is 16.4 Å². The van der Waals surface area contributed by atoms with Crippen LogP contribution in [-0.4, -0.2) is 56.0 Å². The van der Waals surface area contributed by atoms with E-state index in [-0.39, 0.29) is 35.5 Å². The Labute approximate surface area is 150 Å². The SMILES string of the molecule is COc1cc2c(cc1S(=O)(=O)N1CCC[C@H](C(=O)O)[C@@H]1C)OCC(=O)N2. The van der Waals surface area contributed by atoms with Gasteiger partial charge >= 0.3 is 5.97 Å². The monoisotopic (exact) mass is 384 g/mol. The zero-order valence-electron chi connectivity index (χ0n) is 14.4. The number of hydrogen-bond acceptors (Lipinski definition) is 6. The average molecular weight is 384 g/mol. The summed E-state index contributed by atoms with van der Waals surface area (Å²) in [5.74, 6) is -1.84. The summed E-state index contributed by atoms with van der Waals surface area (Å²) in [6.07, 6.45) is 0.888. The summed E-state index contributed by atoms with van der Waals surface area (Å²) in [6, 6.07) is 2.01. The van der Waals surface area contributed by atoms with Crippen molar-refractivity contribution in [3.05, 3.63) is 12.1 Å². The molecule has 2 aliphatic rings. The quantitative estimate of drug-likeness (QED) is 0.791. The smallest absolute Gasteiger partial charge is 0.308 e. The third-order valence-electron chi connectivity index (χ3n) is 4.73. The van der Waals surface area contributed by atoms with Gasteiger partial charge in [-0.3, -0.25) is 9.59 Å². The van der Waals surface area contributed by atoms with E-state index in [1.165, 1.54) is 23.5 Å². The van der Waals surface area contributed by atoms with Gasteiger partial charge in [-0.25, -0.2) is 8.42 Å². The highest BCUT2D eigenvalue weighted by Crippen LogP contribution is 2.40. The molecule has 26 heavy (non-hydrogen) atoms. The Bertz CT molecular complexity index is 852. The molecular weight excluding hydrogens is 364 g/mol. The molecule has 142 valence electrons. The number of rotatable bonds is 4. The number of nitrogens with zero attached hydrogens (tertiary/aromatic N) is 1. The normalized spacial score (nSPS) is 23.5. The number of nitrogens with one attached hydrogen (secondary N) is 1. The van der Waals surface area contributed by atoms with Crippen molar-refractivity contribution in [1.82, 2.24) is 4.31 Å². The molecule has 1 amide bonds. The van der Waals surface area contributed by atoms with Crippen LogP contribution in [0.15, 0.2) is 17.0 Å². The molecule has 2 aliphatic heterocycles. The van der Waals surface area contributed by atoms with Crippen LogP contribution in [0.5, 0.6) is 11.5 Å². The Morgan fingerprint density at radius 1 is 1.42 bits per heavy atom. The topological polar surface area (TPSA) is 122 Å². The third-order valence-corrected chi connectivity index (χ3v) is 6.74. The van der Waals surface area contributed by atoms with Crippen LogP contribution in [0.3, 0.4) is 0 Å². The van der Waals surface area contributed by atoms with Crippen molar-refractivity contribution < 1.29 is 32.6 Å². The highest BCUT2D eigenvalue weighted by molar-refractivity contribution is 7.89. The van der Waals surface area contributed by atoms with Crippen LogP contribution in [0.4, 0.5) is 5.69 Å². The lowest BCUT2D eigenvalue weighted by molar-refractivity contribution is -0.144. The van der Waals surface area contributed by atoms with Crippen molar-refractivity contribution in [1.29, 1.82) is 0 Å². The van der Waals surface area contributed by atoms with E-state index >= 15 is 0 Å². The zero-order valence-corrected chi connectivity index (χ0v) is 15.2. The van der Waals surface area contributed by atoms with Gasteiger partial charge in [0.25, 0.3) is 5.91 Å². The molecule has 0 saturated carbocycles. The van der Waals surface area contributed by atoms with Gasteiger partial charge in [0.05, 0.1) is 18.7 Å². The molecule has 0 unspecified atom stereocenters. The number of sulfonamides is 1. The van der Waals surface area contributed by atoms with Crippen LogP contribution < -0.4 is 14.8 Å². The number of amides is 1. The van der Waals surface area contributed by atoms with E-state index in [1.54, 1.807) is 6.92 Å². The first kappa shape index (κ1) is 18.5. The number of carboxylic acids is 1. The highest BCUT2D eigenvalue weighted by atomic mass is 32.2. The van der Waals surface area contributed by atoms with Crippen molar-refractivity contribution >= 4 is 27.6 Å². The van der Waals surface area contributed by atoms with Crippen molar-refractivity contribution in [2.45, 2.75) is 30.7 Å². The second-order valence-electron chi connectivity index (χ2n) is 6.28. The molecule has 2 N–H and O–H groups in total. The summed E-state index contributed by atoms with van der Waals surface area (Å²) < 4.78 is 38.1. The number of methoxy groups -OCH3 is 1. The largest absolute Gasteiger partial charge is 0.495 e. The van der Waals surface area contributed by atoms with Crippen molar-refractivity contribution in [2.75, 3.05) is 25.6 Å². The summed E-state index contributed by atoms with van der Waals surface area (Å²) >= 11 is 0. The van der Waals surface area contributed by atoms with E-state index in [0.717, 1.165) is 0 Å². The maximum atomic E-state index is 13.2. The van der Waals surface area contributed by atoms with Gasteiger partial charge in [0, 0.05) is 24.7 Å². The lowest BCUT2D eigenvalue weighted by Crippen LogP contribution is -2.49. The molecule has 1 fully saturated rings. The minimum Gasteiger partial charge on any atom is -0.495 e. The van der Waals surface area contributed by atoms with Crippen LogP contribution in [0.25, 0.3) is 0 Å². The second-order valence-corrected chi connectivity index (χ2v) is 8.14. The predicted molar refractivity (Wildman–Crippen MR) is 90.8 cm³/mol. The summed E-state index contributed by atoms with van der Waals surface area (Å²) in [7, 11) is -2.69. The van der Waals surface area contributed by atoms with Crippen LogP contribution in [0, 0.1) is 5.92 Å². The number of carbonyl (C=O) groups is 2. The number of piperidine rings is 1. The van der Waals surface area contributed by atoms with Crippen LogP contribution in [0.2, 0.25) is 0 Å². The average Bonchev–Trinajstić information content (AvgIpc) is 2.60. The first-order valence-electron chi connectivity index (χ1n) is 8.15. The Balaban J connectivity index is 2.04. The van der Waals surface area contributed by atoms with Gasteiger partial charge in [-0.1, -0.05) is 0 Å². The molecular formula is C16H20N2O7S. The molecule has 10 heteroatoms. The maximum Gasteiger partial charge on any atom is 0.308 e. The van der Waals surface area contributed by atoms with E-state index < -0.39 is 28.0 Å². The fourth-order valence-electron chi connectivity index (χ4n) is 3.36. The lowest BCUT2D eigenvalue weighted by Gasteiger charge is -2.36. The molecule has 0 bridgehead atoms. The molecule has 0 aromatic heterocycles. The fraction of sp³-hybridized carbons (Fsp3) is 0.500. The predicted octanol–water partition coefficient (Wildman–Crippen LogP) is 0.900. The summed E-state index contributed by atoms with van der Waals surface area (Å²) in [6.45, 7) is 1.61. The van der Waals surface area contributed by atoms with E-state index in [0.29, 0.717) is 18.5 Å².